The molecule has 5 heteroatoms. The van der Waals surface area contributed by atoms with Gasteiger partial charge >= 0.3 is 0 Å². The molecule has 2 aromatic rings. The molecule has 2 atom stereocenters. The van der Waals surface area contributed by atoms with Crippen LogP contribution < -0.4 is 5.73 Å². The minimum atomic E-state index is -0.261. The van der Waals surface area contributed by atoms with Gasteiger partial charge in [0.1, 0.15) is 0 Å². The Morgan fingerprint density at radius 1 is 1.08 bits per heavy atom. The Morgan fingerprint density at radius 2 is 1.72 bits per heavy atom. The van der Waals surface area contributed by atoms with Gasteiger partial charge in [0.25, 0.3) is 0 Å². The smallest absolute Gasteiger partial charge is 0.227 e. The predicted molar refractivity (Wildman–Crippen MR) is 98.6 cm³/mol. The lowest BCUT2D eigenvalue weighted by molar-refractivity contribution is -0.137. The molecule has 3 rings (SSSR count). The third kappa shape index (κ3) is 4.44. The van der Waals surface area contributed by atoms with E-state index in [1.807, 2.05) is 66.7 Å². The van der Waals surface area contributed by atoms with Crippen LogP contribution in [0.4, 0.5) is 0 Å². The van der Waals surface area contributed by atoms with Crippen LogP contribution in [-0.4, -0.2) is 46.9 Å². The zero-order valence-electron chi connectivity index (χ0n) is 14.7. The Labute approximate surface area is 149 Å². The van der Waals surface area contributed by atoms with E-state index in [0.29, 0.717) is 0 Å². The first-order valence-corrected chi connectivity index (χ1v) is 8.85. The summed E-state index contributed by atoms with van der Waals surface area (Å²) in [7, 11) is 0. The molecule has 1 fully saturated rings. The summed E-state index contributed by atoms with van der Waals surface area (Å²) in [5, 5.41) is 0. The van der Waals surface area contributed by atoms with Crippen molar-refractivity contribution in [2.45, 2.75) is 19.5 Å². The number of carbonyl (C=O) groups excluding carboxylic acids is 1. The monoisotopic (exact) mass is 338 g/mol. The highest BCUT2D eigenvalue weighted by Gasteiger charge is 2.28. The number of hydrogen-bond donors (Lipinski definition) is 1. The standard InChI is InChI=1S/C20H26N4O/c1-16(19(21)18-5-3-2-4-6-18)20(25)24-13-11-23(12-14-24)15-17-7-9-22-10-8-17/h2-10,16,19H,11-15,21H2,1H3. The predicted octanol–water partition coefficient (Wildman–Crippen LogP) is 2.06. The molecule has 1 aromatic carbocycles. The molecule has 0 spiro atoms. The Bertz CT molecular complexity index is 669. The van der Waals surface area contributed by atoms with Gasteiger partial charge in [0.15, 0.2) is 0 Å². The molecule has 1 saturated heterocycles. The minimum absolute atomic E-state index is 0.153. The van der Waals surface area contributed by atoms with E-state index < -0.39 is 0 Å². The van der Waals surface area contributed by atoms with Crippen LogP contribution in [0.25, 0.3) is 0 Å². The fourth-order valence-corrected chi connectivity index (χ4v) is 3.28. The zero-order chi connectivity index (χ0) is 17.6. The number of nitrogens with zero attached hydrogens (tertiary/aromatic N) is 3. The zero-order valence-corrected chi connectivity index (χ0v) is 14.7. The SMILES string of the molecule is CC(C(=O)N1CCN(Cc2ccncc2)CC1)C(N)c1ccccc1. The van der Waals surface area contributed by atoms with E-state index in [1.165, 1.54) is 5.56 Å². The third-order valence-electron chi connectivity index (χ3n) is 4.95. The van der Waals surface area contributed by atoms with Gasteiger partial charge in [-0.15, -0.1) is 0 Å². The molecule has 1 aliphatic heterocycles. The van der Waals surface area contributed by atoms with E-state index in [9.17, 15) is 4.79 Å². The van der Waals surface area contributed by atoms with Gasteiger partial charge in [-0.25, -0.2) is 0 Å². The number of amides is 1. The quantitative estimate of drug-likeness (QED) is 0.906. The van der Waals surface area contributed by atoms with E-state index in [1.54, 1.807) is 0 Å². The molecule has 0 bridgehead atoms. The average Bonchev–Trinajstić information content (AvgIpc) is 2.68. The second-order valence-electron chi connectivity index (χ2n) is 6.68. The lowest BCUT2D eigenvalue weighted by atomic mass is 9.94. The summed E-state index contributed by atoms with van der Waals surface area (Å²) in [4.78, 5) is 21.2. The van der Waals surface area contributed by atoms with E-state index in [4.69, 9.17) is 5.73 Å². The Balaban J connectivity index is 1.52. The first kappa shape index (κ1) is 17.6. The number of pyridine rings is 1. The second-order valence-corrected chi connectivity index (χ2v) is 6.68. The molecule has 25 heavy (non-hydrogen) atoms. The fraction of sp³-hybridized carbons (Fsp3) is 0.400. The summed E-state index contributed by atoms with van der Waals surface area (Å²) >= 11 is 0. The maximum absolute atomic E-state index is 12.8. The Kier molecular flexibility index (Phi) is 5.79. The lowest BCUT2D eigenvalue weighted by Crippen LogP contribution is -2.50. The molecule has 2 N–H and O–H groups in total. The fourth-order valence-electron chi connectivity index (χ4n) is 3.28. The topological polar surface area (TPSA) is 62.5 Å². The number of carbonyl (C=O) groups is 1. The summed E-state index contributed by atoms with van der Waals surface area (Å²) in [5.41, 5.74) is 8.58. The largest absolute Gasteiger partial charge is 0.340 e. The summed E-state index contributed by atoms with van der Waals surface area (Å²) in [6.45, 7) is 6.14. The molecule has 0 radical (unpaired) electrons. The van der Waals surface area contributed by atoms with E-state index in [0.717, 1.165) is 38.3 Å². The van der Waals surface area contributed by atoms with Gasteiger partial charge in [-0.05, 0) is 23.3 Å². The summed E-state index contributed by atoms with van der Waals surface area (Å²) in [5.74, 6) is -0.0611. The summed E-state index contributed by atoms with van der Waals surface area (Å²) < 4.78 is 0. The molecular weight excluding hydrogens is 312 g/mol. The van der Waals surface area contributed by atoms with Gasteiger partial charge in [0.05, 0.1) is 5.92 Å². The molecule has 2 unspecified atom stereocenters. The second kappa shape index (κ2) is 8.23. The molecule has 0 saturated carbocycles. The minimum Gasteiger partial charge on any atom is -0.340 e. The average molecular weight is 338 g/mol. The molecule has 1 aromatic heterocycles. The van der Waals surface area contributed by atoms with Gasteiger partial charge in [-0.2, -0.15) is 0 Å². The third-order valence-corrected chi connectivity index (χ3v) is 4.95. The Hall–Kier alpha value is -2.24. The molecule has 5 nitrogen and oxygen atoms in total. The summed E-state index contributed by atoms with van der Waals surface area (Å²) in [6, 6.07) is 13.7. The van der Waals surface area contributed by atoms with Gasteiger partial charge in [0.2, 0.25) is 5.91 Å². The van der Waals surface area contributed by atoms with E-state index in [-0.39, 0.29) is 17.9 Å². The van der Waals surface area contributed by atoms with Crippen LogP contribution in [-0.2, 0) is 11.3 Å². The maximum atomic E-state index is 12.8. The van der Waals surface area contributed by atoms with Crippen LogP contribution in [0, 0.1) is 5.92 Å². The molecule has 1 aliphatic rings. The lowest BCUT2D eigenvalue weighted by Gasteiger charge is -2.36. The molecular formula is C20H26N4O. The highest BCUT2D eigenvalue weighted by atomic mass is 16.2. The molecule has 0 aliphatic carbocycles. The van der Waals surface area contributed by atoms with Crippen molar-refractivity contribution in [3.05, 3.63) is 66.0 Å². The number of nitrogens with two attached hydrogens (primary N) is 1. The number of benzene rings is 1. The number of piperazine rings is 1. The first-order valence-electron chi connectivity index (χ1n) is 8.85. The van der Waals surface area contributed by atoms with Gasteiger partial charge in [-0.3, -0.25) is 14.7 Å². The van der Waals surface area contributed by atoms with Crippen molar-refractivity contribution < 1.29 is 4.79 Å². The maximum Gasteiger partial charge on any atom is 0.227 e. The van der Waals surface area contributed by atoms with Crippen molar-refractivity contribution in [2.75, 3.05) is 26.2 Å². The van der Waals surface area contributed by atoms with Crippen LogP contribution in [0.15, 0.2) is 54.9 Å². The molecule has 132 valence electrons. The van der Waals surface area contributed by atoms with Crippen LogP contribution in [0.1, 0.15) is 24.1 Å². The summed E-state index contributed by atoms with van der Waals surface area (Å²) in [6.07, 6.45) is 3.64. The van der Waals surface area contributed by atoms with Crippen molar-refractivity contribution in [1.29, 1.82) is 0 Å². The molecule has 1 amide bonds. The van der Waals surface area contributed by atoms with Gasteiger partial charge < -0.3 is 10.6 Å². The molecule has 2 heterocycles. The van der Waals surface area contributed by atoms with Crippen molar-refractivity contribution >= 4 is 5.91 Å². The van der Waals surface area contributed by atoms with Crippen LogP contribution in [0.3, 0.4) is 0 Å². The Morgan fingerprint density at radius 3 is 2.36 bits per heavy atom. The van der Waals surface area contributed by atoms with Crippen LogP contribution in [0.5, 0.6) is 0 Å². The van der Waals surface area contributed by atoms with Crippen LogP contribution >= 0.6 is 0 Å². The van der Waals surface area contributed by atoms with E-state index >= 15 is 0 Å². The van der Waals surface area contributed by atoms with Crippen LogP contribution in [0.2, 0.25) is 0 Å². The normalized spacial score (nSPS) is 17.9. The number of aromatic nitrogens is 1. The first-order chi connectivity index (χ1) is 12.1. The number of hydrogen-bond acceptors (Lipinski definition) is 4. The van der Waals surface area contributed by atoms with Gasteiger partial charge in [-0.1, -0.05) is 37.3 Å². The number of rotatable bonds is 5. The van der Waals surface area contributed by atoms with Crippen molar-refractivity contribution in [2.24, 2.45) is 11.7 Å². The van der Waals surface area contributed by atoms with Crippen molar-refractivity contribution in [3.8, 4) is 0 Å². The highest BCUT2D eigenvalue weighted by Crippen LogP contribution is 2.22. The van der Waals surface area contributed by atoms with Gasteiger partial charge in [0, 0.05) is 51.2 Å². The highest BCUT2D eigenvalue weighted by molar-refractivity contribution is 5.79. The van der Waals surface area contributed by atoms with E-state index in [2.05, 4.69) is 9.88 Å². The van der Waals surface area contributed by atoms with Crippen molar-refractivity contribution in [3.63, 3.8) is 0 Å². The van der Waals surface area contributed by atoms with Crippen molar-refractivity contribution in [1.82, 2.24) is 14.8 Å².